The molecule has 0 aliphatic carbocycles. The summed E-state index contributed by atoms with van der Waals surface area (Å²) in [7, 11) is 6.21. The SMILES string of the molecule is Cc1ccc(N(C)c2ccc3nc(Nc4cc(C(=O)N5CCC(N(C)C)CC5)ccn4)sc3n2)cc1. The largest absolute Gasteiger partial charge is 0.339 e. The van der Waals surface area contributed by atoms with E-state index < -0.39 is 0 Å². The number of hydrogen-bond donors (Lipinski definition) is 1. The van der Waals surface area contributed by atoms with Crippen LogP contribution >= 0.6 is 11.3 Å². The first-order valence-corrected chi connectivity index (χ1v) is 13.0. The Hall–Kier alpha value is -3.56. The zero-order valence-electron chi connectivity index (χ0n) is 21.1. The number of benzene rings is 1. The molecule has 1 N–H and O–H groups in total. The Morgan fingerprint density at radius 2 is 1.78 bits per heavy atom. The molecule has 0 radical (unpaired) electrons. The highest BCUT2D eigenvalue weighted by molar-refractivity contribution is 7.21. The van der Waals surface area contributed by atoms with E-state index in [-0.39, 0.29) is 5.91 Å². The number of amides is 1. The lowest BCUT2D eigenvalue weighted by atomic mass is 10.0. The molecular weight excluding hydrogens is 470 g/mol. The van der Waals surface area contributed by atoms with Crippen molar-refractivity contribution in [3.05, 3.63) is 65.9 Å². The molecule has 0 unspecified atom stereocenters. The van der Waals surface area contributed by atoms with Gasteiger partial charge in [0.1, 0.15) is 22.0 Å². The molecule has 1 aromatic carbocycles. The molecule has 9 heteroatoms. The Morgan fingerprint density at radius 3 is 2.50 bits per heavy atom. The van der Waals surface area contributed by atoms with Gasteiger partial charge in [-0.2, -0.15) is 0 Å². The molecule has 0 bridgehead atoms. The fraction of sp³-hybridized carbons (Fsp3) is 0.333. The predicted octanol–water partition coefficient (Wildman–Crippen LogP) is 5.07. The molecule has 1 aliphatic heterocycles. The minimum atomic E-state index is 0.0485. The summed E-state index contributed by atoms with van der Waals surface area (Å²) in [6.45, 7) is 3.62. The number of rotatable bonds is 6. The molecule has 0 saturated carbocycles. The second-order valence-electron chi connectivity index (χ2n) is 9.45. The normalized spacial score (nSPS) is 14.4. The van der Waals surface area contributed by atoms with Crippen LogP contribution in [0, 0.1) is 6.92 Å². The van der Waals surface area contributed by atoms with Gasteiger partial charge in [0.2, 0.25) is 0 Å². The molecule has 36 heavy (non-hydrogen) atoms. The van der Waals surface area contributed by atoms with E-state index in [1.807, 2.05) is 24.1 Å². The lowest BCUT2D eigenvalue weighted by Gasteiger charge is -2.35. The third-order valence-electron chi connectivity index (χ3n) is 6.73. The van der Waals surface area contributed by atoms with Crippen molar-refractivity contribution in [3.63, 3.8) is 0 Å². The van der Waals surface area contributed by atoms with Crippen molar-refractivity contribution >= 4 is 50.0 Å². The van der Waals surface area contributed by atoms with Gasteiger partial charge in [-0.15, -0.1) is 0 Å². The molecule has 4 aromatic rings. The van der Waals surface area contributed by atoms with Crippen LogP contribution in [0.4, 0.5) is 22.5 Å². The summed E-state index contributed by atoms with van der Waals surface area (Å²) in [5.74, 6) is 1.50. The fourth-order valence-corrected chi connectivity index (χ4v) is 5.30. The number of nitrogens with zero attached hydrogens (tertiary/aromatic N) is 6. The summed E-state index contributed by atoms with van der Waals surface area (Å²) >= 11 is 1.47. The number of thiazole rings is 1. The van der Waals surface area contributed by atoms with Gasteiger partial charge in [0.25, 0.3) is 5.91 Å². The van der Waals surface area contributed by atoms with E-state index in [0.29, 0.717) is 22.6 Å². The zero-order chi connectivity index (χ0) is 25.2. The Bertz CT molecular complexity index is 1360. The van der Waals surface area contributed by atoms with Crippen LogP contribution < -0.4 is 10.2 Å². The Kier molecular flexibility index (Phi) is 6.84. The van der Waals surface area contributed by atoms with E-state index >= 15 is 0 Å². The number of fused-ring (bicyclic) bond motifs is 1. The van der Waals surface area contributed by atoms with Gasteiger partial charge in [0.05, 0.1) is 0 Å². The third-order valence-corrected chi connectivity index (χ3v) is 7.61. The summed E-state index contributed by atoms with van der Waals surface area (Å²) in [6.07, 6.45) is 3.66. The number of likely N-dealkylation sites (tertiary alicyclic amines) is 1. The van der Waals surface area contributed by atoms with Crippen LogP contribution in [-0.4, -0.2) is 70.9 Å². The first-order chi connectivity index (χ1) is 17.4. The summed E-state index contributed by atoms with van der Waals surface area (Å²) in [4.78, 5) is 34.1. The molecule has 4 heterocycles. The highest BCUT2D eigenvalue weighted by Gasteiger charge is 2.25. The van der Waals surface area contributed by atoms with Gasteiger partial charge < -0.3 is 20.0 Å². The molecule has 1 saturated heterocycles. The maximum absolute atomic E-state index is 13.1. The number of carbonyl (C=O) groups is 1. The second kappa shape index (κ2) is 10.2. The fourth-order valence-electron chi connectivity index (χ4n) is 4.46. The number of aryl methyl sites for hydroxylation is 1. The highest BCUT2D eigenvalue weighted by atomic mass is 32.1. The Labute approximate surface area is 215 Å². The summed E-state index contributed by atoms with van der Waals surface area (Å²) < 4.78 is 0. The molecule has 0 atom stereocenters. The Balaban J connectivity index is 1.29. The van der Waals surface area contributed by atoms with E-state index in [1.54, 1.807) is 18.3 Å². The lowest BCUT2D eigenvalue weighted by Crippen LogP contribution is -2.44. The number of piperidine rings is 1. The minimum absolute atomic E-state index is 0.0485. The topological polar surface area (TPSA) is 77.5 Å². The maximum atomic E-state index is 13.1. The number of carbonyl (C=O) groups excluding carboxylic acids is 1. The number of anilines is 4. The number of aromatic nitrogens is 3. The monoisotopic (exact) mass is 501 g/mol. The molecular formula is C27H31N7OS. The first kappa shape index (κ1) is 24.1. The van der Waals surface area contributed by atoms with Crippen molar-refractivity contribution in [1.82, 2.24) is 24.8 Å². The molecule has 1 fully saturated rings. The van der Waals surface area contributed by atoms with Crippen molar-refractivity contribution in [1.29, 1.82) is 0 Å². The van der Waals surface area contributed by atoms with Crippen LogP contribution in [0.2, 0.25) is 0 Å². The lowest BCUT2D eigenvalue weighted by molar-refractivity contribution is 0.0663. The molecule has 186 valence electrons. The van der Waals surface area contributed by atoms with Gasteiger partial charge in [-0.1, -0.05) is 29.0 Å². The minimum Gasteiger partial charge on any atom is -0.339 e. The van der Waals surface area contributed by atoms with Crippen molar-refractivity contribution in [2.75, 3.05) is 44.4 Å². The van der Waals surface area contributed by atoms with Crippen LogP contribution in [0.1, 0.15) is 28.8 Å². The number of hydrogen-bond acceptors (Lipinski definition) is 8. The summed E-state index contributed by atoms with van der Waals surface area (Å²) in [5.41, 5.74) is 3.76. The third kappa shape index (κ3) is 5.17. The standard InChI is InChI=1S/C27H31N7OS/c1-18-5-7-21(8-6-18)33(4)24-10-9-22-25(31-24)36-27(29-22)30-23-17-19(11-14-28-23)26(35)34-15-12-20(13-16-34)32(2)3/h5-11,14,17,20H,12-13,15-16H2,1-4H3,(H,28,29,30). The van der Waals surface area contributed by atoms with Crippen LogP contribution in [0.15, 0.2) is 54.7 Å². The quantitative estimate of drug-likeness (QED) is 0.395. The van der Waals surface area contributed by atoms with E-state index in [0.717, 1.165) is 47.8 Å². The first-order valence-electron chi connectivity index (χ1n) is 12.1. The highest BCUT2D eigenvalue weighted by Crippen LogP contribution is 2.30. The maximum Gasteiger partial charge on any atom is 0.254 e. The van der Waals surface area contributed by atoms with Crippen molar-refractivity contribution in [2.45, 2.75) is 25.8 Å². The van der Waals surface area contributed by atoms with Gasteiger partial charge in [-0.05, 0) is 70.3 Å². The van der Waals surface area contributed by atoms with Gasteiger partial charge in [-0.3, -0.25) is 4.79 Å². The van der Waals surface area contributed by atoms with Crippen LogP contribution in [-0.2, 0) is 0 Å². The van der Waals surface area contributed by atoms with E-state index in [9.17, 15) is 4.79 Å². The van der Waals surface area contributed by atoms with Crippen LogP contribution in [0.5, 0.6) is 0 Å². The second-order valence-corrected chi connectivity index (χ2v) is 10.4. The van der Waals surface area contributed by atoms with Gasteiger partial charge in [0, 0.05) is 43.6 Å². The zero-order valence-corrected chi connectivity index (χ0v) is 21.9. The smallest absolute Gasteiger partial charge is 0.254 e. The van der Waals surface area contributed by atoms with Crippen molar-refractivity contribution < 1.29 is 4.79 Å². The Morgan fingerprint density at radius 1 is 1.03 bits per heavy atom. The molecule has 1 aliphatic rings. The predicted molar refractivity (Wildman–Crippen MR) is 147 cm³/mol. The van der Waals surface area contributed by atoms with Gasteiger partial charge >= 0.3 is 0 Å². The van der Waals surface area contributed by atoms with Gasteiger partial charge in [-0.25, -0.2) is 15.0 Å². The summed E-state index contributed by atoms with van der Waals surface area (Å²) in [5, 5.41) is 3.96. The van der Waals surface area contributed by atoms with E-state index in [2.05, 4.69) is 70.4 Å². The molecule has 5 rings (SSSR count). The van der Waals surface area contributed by atoms with Gasteiger partial charge in [0.15, 0.2) is 5.13 Å². The molecule has 0 spiro atoms. The average Bonchev–Trinajstić information content (AvgIpc) is 3.30. The van der Waals surface area contributed by atoms with Crippen LogP contribution in [0.3, 0.4) is 0 Å². The molecule has 3 aromatic heterocycles. The summed E-state index contributed by atoms with van der Waals surface area (Å²) in [6, 6.07) is 16.4. The number of pyridine rings is 2. The van der Waals surface area contributed by atoms with Crippen molar-refractivity contribution in [2.24, 2.45) is 0 Å². The van der Waals surface area contributed by atoms with Crippen LogP contribution in [0.25, 0.3) is 10.3 Å². The molecule has 8 nitrogen and oxygen atoms in total. The number of nitrogens with one attached hydrogen (secondary N) is 1. The van der Waals surface area contributed by atoms with E-state index in [1.165, 1.54) is 16.9 Å². The van der Waals surface area contributed by atoms with E-state index in [4.69, 9.17) is 4.98 Å². The molecule has 1 amide bonds. The average molecular weight is 502 g/mol. The van der Waals surface area contributed by atoms with Crippen molar-refractivity contribution in [3.8, 4) is 0 Å².